The van der Waals surface area contributed by atoms with Crippen molar-refractivity contribution in [1.29, 1.82) is 0 Å². The minimum absolute atomic E-state index is 0.126. The first kappa shape index (κ1) is 22.1. The highest BCUT2D eigenvalue weighted by Crippen LogP contribution is 2.44. The summed E-state index contributed by atoms with van der Waals surface area (Å²) in [5.41, 5.74) is 0.145. The molecule has 0 aromatic heterocycles. The molecule has 1 N–H and O–H groups in total. The first-order valence-corrected chi connectivity index (χ1v) is 10.2. The maximum Gasteiger partial charge on any atom is 0.496 e. The molecule has 2 atom stereocenters. The van der Waals surface area contributed by atoms with Gasteiger partial charge in [-0.3, -0.25) is 4.79 Å². The quantitative estimate of drug-likeness (QED) is 0.733. The van der Waals surface area contributed by atoms with Gasteiger partial charge in [0.1, 0.15) is 0 Å². The van der Waals surface area contributed by atoms with Crippen LogP contribution in [-0.2, 0) is 14.1 Å². The van der Waals surface area contributed by atoms with Crippen molar-refractivity contribution in [3.05, 3.63) is 28.8 Å². The van der Waals surface area contributed by atoms with E-state index in [1.165, 1.54) is 0 Å². The van der Waals surface area contributed by atoms with Crippen LogP contribution < -0.4 is 5.46 Å². The van der Waals surface area contributed by atoms with Crippen molar-refractivity contribution in [2.75, 3.05) is 6.54 Å². The second-order valence-electron chi connectivity index (χ2n) is 10.1. The van der Waals surface area contributed by atoms with Crippen LogP contribution in [0, 0.1) is 11.3 Å². The van der Waals surface area contributed by atoms with E-state index in [9.17, 15) is 14.7 Å². The smallest absolute Gasteiger partial charge is 0.465 e. The number of hydrogen-bond acceptors (Lipinski definition) is 4. The predicted molar refractivity (Wildman–Crippen MR) is 113 cm³/mol. The number of carbonyl (C=O) groups excluding carboxylic acids is 1. The van der Waals surface area contributed by atoms with Crippen molar-refractivity contribution in [1.82, 2.24) is 4.90 Å². The molecule has 2 amide bonds. The van der Waals surface area contributed by atoms with Gasteiger partial charge >= 0.3 is 13.2 Å². The van der Waals surface area contributed by atoms with Gasteiger partial charge in [-0.1, -0.05) is 44.5 Å². The normalized spacial score (nSPS) is 26.3. The van der Waals surface area contributed by atoms with Crippen LogP contribution >= 0.6 is 11.6 Å². The zero-order valence-corrected chi connectivity index (χ0v) is 18.8. The van der Waals surface area contributed by atoms with Gasteiger partial charge in [0.25, 0.3) is 0 Å². The van der Waals surface area contributed by atoms with Crippen LogP contribution in [-0.4, -0.2) is 46.9 Å². The van der Waals surface area contributed by atoms with Gasteiger partial charge in [0.2, 0.25) is 5.91 Å². The standard InChI is InChI=1S/C21H29BClNO5/c1-19(2,3)16-13(11-24(17(16)25)18(26)27)12-8-9-15(23)14(10-12)22-28-20(4,5)21(6,7)29-22/h8-10,13,16H,11H2,1-7H3,(H,26,27)/t13-,16?/m0/s1. The molecule has 2 saturated heterocycles. The molecule has 0 radical (unpaired) electrons. The zero-order valence-electron chi connectivity index (χ0n) is 18.1. The van der Waals surface area contributed by atoms with Crippen molar-refractivity contribution in [2.45, 2.75) is 65.6 Å². The Labute approximate surface area is 177 Å². The third-order valence-corrected chi connectivity index (χ3v) is 6.78. The van der Waals surface area contributed by atoms with Crippen molar-refractivity contribution >= 4 is 36.2 Å². The van der Waals surface area contributed by atoms with E-state index in [0.29, 0.717) is 10.5 Å². The average molecular weight is 422 g/mol. The lowest BCUT2D eigenvalue weighted by Gasteiger charge is -2.32. The molecule has 2 fully saturated rings. The highest BCUT2D eigenvalue weighted by molar-refractivity contribution is 6.65. The Bertz CT molecular complexity index is 832. The Morgan fingerprint density at radius 3 is 2.24 bits per heavy atom. The van der Waals surface area contributed by atoms with Crippen LogP contribution in [0.4, 0.5) is 4.79 Å². The molecule has 0 saturated carbocycles. The Morgan fingerprint density at radius 2 is 1.76 bits per heavy atom. The second kappa shape index (κ2) is 7.00. The van der Waals surface area contributed by atoms with Gasteiger partial charge in [0.05, 0.1) is 17.1 Å². The number of likely N-dealkylation sites (tertiary alicyclic amines) is 1. The SMILES string of the molecule is CC(C)(C)C1C(=O)N(C(=O)O)C[C@H]1c1ccc(Cl)c(B2OC(C)(C)C(C)(C)O2)c1. The number of carbonyl (C=O) groups is 2. The van der Waals surface area contributed by atoms with Crippen LogP contribution in [0.15, 0.2) is 18.2 Å². The molecule has 3 rings (SSSR count). The molecule has 29 heavy (non-hydrogen) atoms. The van der Waals surface area contributed by atoms with E-state index in [4.69, 9.17) is 20.9 Å². The van der Waals surface area contributed by atoms with Crippen molar-refractivity contribution in [3.8, 4) is 0 Å². The lowest BCUT2D eigenvalue weighted by atomic mass is 9.70. The van der Waals surface area contributed by atoms with E-state index in [2.05, 4.69) is 0 Å². The van der Waals surface area contributed by atoms with E-state index < -0.39 is 35.7 Å². The number of hydrogen-bond donors (Lipinski definition) is 1. The average Bonchev–Trinajstić information content (AvgIpc) is 3.01. The fourth-order valence-electron chi connectivity index (χ4n) is 4.12. The number of amides is 2. The summed E-state index contributed by atoms with van der Waals surface area (Å²) in [5, 5.41) is 9.98. The molecule has 158 valence electrons. The van der Waals surface area contributed by atoms with Crippen LogP contribution in [0.2, 0.25) is 5.02 Å². The highest BCUT2D eigenvalue weighted by atomic mass is 35.5. The first-order valence-electron chi connectivity index (χ1n) is 9.85. The lowest BCUT2D eigenvalue weighted by Crippen LogP contribution is -2.41. The van der Waals surface area contributed by atoms with Crippen molar-refractivity contribution in [3.63, 3.8) is 0 Å². The monoisotopic (exact) mass is 421 g/mol. The predicted octanol–water partition coefficient (Wildman–Crippen LogP) is 3.91. The number of imide groups is 1. The largest absolute Gasteiger partial charge is 0.496 e. The Kier molecular flexibility index (Phi) is 5.34. The Balaban J connectivity index is 2.01. The molecule has 1 aromatic rings. The maximum absolute atomic E-state index is 12.8. The van der Waals surface area contributed by atoms with Gasteiger partial charge in [-0.05, 0) is 44.7 Å². The fourth-order valence-corrected chi connectivity index (χ4v) is 4.33. The minimum Gasteiger partial charge on any atom is -0.465 e. The summed E-state index contributed by atoms with van der Waals surface area (Å²) in [4.78, 5) is 25.3. The Morgan fingerprint density at radius 1 is 1.21 bits per heavy atom. The molecular formula is C21H29BClNO5. The summed E-state index contributed by atoms with van der Waals surface area (Å²) in [6.45, 7) is 13.9. The molecule has 0 aliphatic carbocycles. The summed E-state index contributed by atoms with van der Waals surface area (Å²) in [7, 11) is -0.631. The third kappa shape index (κ3) is 3.80. The first-order chi connectivity index (χ1) is 13.2. The van der Waals surface area contributed by atoms with E-state index >= 15 is 0 Å². The van der Waals surface area contributed by atoms with Gasteiger partial charge in [-0.15, -0.1) is 0 Å². The molecule has 2 aliphatic rings. The van der Waals surface area contributed by atoms with Crippen LogP contribution in [0.3, 0.4) is 0 Å². The van der Waals surface area contributed by atoms with Gasteiger partial charge in [-0.25, -0.2) is 9.69 Å². The molecule has 2 heterocycles. The molecule has 6 nitrogen and oxygen atoms in total. The summed E-state index contributed by atoms with van der Waals surface area (Å²) in [5.74, 6) is -1.08. The molecule has 1 aromatic carbocycles. The second-order valence-corrected chi connectivity index (χ2v) is 10.5. The molecule has 8 heteroatoms. The van der Waals surface area contributed by atoms with E-state index in [-0.39, 0.29) is 18.4 Å². The molecule has 0 bridgehead atoms. The number of benzene rings is 1. The highest BCUT2D eigenvalue weighted by Gasteiger charge is 2.53. The minimum atomic E-state index is -1.22. The van der Waals surface area contributed by atoms with Gasteiger partial charge in [0, 0.05) is 22.9 Å². The Hall–Kier alpha value is -1.57. The number of nitrogens with zero attached hydrogens (tertiary/aromatic N) is 1. The van der Waals surface area contributed by atoms with Gasteiger partial charge < -0.3 is 14.4 Å². The van der Waals surface area contributed by atoms with E-state index in [0.717, 1.165) is 10.5 Å². The third-order valence-electron chi connectivity index (χ3n) is 6.43. The maximum atomic E-state index is 12.8. The van der Waals surface area contributed by atoms with Gasteiger partial charge in [-0.2, -0.15) is 0 Å². The molecule has 2 aliphatic heterocycles. The number of rotatable bonds is 2. The summed E-state index contributed by atoms with van der Waals surface area (Å²) in [6, 6.07) is 5.52. The van der Waals surface area contributed by atoms with Crippen LogP contribution in [0.25, 0.3) is 0 Å². The lowest BCUT2D eigenvalue weighted by molar-refractivity contribution is -0.132. The van der Waals surface area contributed by atoms with Crippen molar-refractivity contribution < 1.29 is 24.0 Å². The van der Waals surface area contributed by atoms with E-state index in [1.54, 1.807) is 6.07 Å². The number of halogens is 1. The molecule has 0 spiro atoms. The molecule has 1 unspecified atom stereocenters. The summed E-state index contributed by atoms with van der Waals surface area (Å²) in [6.07, 6.45) is -1.22. The summed E-state index contributed by atoms with van der Waals surface area (Å²) < 4.78 is 12.3. The number of carboxylic acid groups (broad SMARTS) is 1. The molecular weight excluding hydrogens is 392 g/mol. The van der Waals surface area contributed by atoms with Gasteiger partial charge in [0.15, 0.2) is 0 Å². The fraction of sp³-hybridized carbons (Fsp3) is 0.619. The topological polar surface area (TPSA) is 76.1 Å². The van der Waals surface area contributed by atoms with Crippen molar-refractivity contribution in [2.24, 2.45) is 11.3 Å². The zero-order chi connectivity index (χ0) is 21.9. The van der Waals surface area contributed by atoms with Crippen LogP contribution in [0.5, 0.6) is 0 Å². The van der Waals surface area contributed by atoms with E-state index in [1.807, 2.05) is 60.6 Å². The summed E-state index contributed by atoms with van der Waals surface area (Å²) >= 11 is 6.47. The van der Waals surface area contributed by atoms with Crippen LogP contribution in [0.1, 0.15) is 59.9 Å².